The highest BCUT2D eigenvalue weighted by Crippen LogP contribution is 2.25. The number of amidine groups is 1. The molecule has 3 nitrogen and oxygen atoms in total. The highest BCUT2D eigenvalue weighted by atomic mass is 32.2. The third-order valence-corrected chi connectivity index (χ3v) is 4.11. The molecule has 4 heteroatoms. The summed E-state index contributed by atoms with van der Waals surface area (Å²) in [7, 11) is 1.74. The number of methoxy groups -OCH3 is 1. The molecule has 1 aromatic rings. The molecule has 1 atom stereocenters. The minimum atomic E-state index is 0.391. The van der Waals surface area contributed by atoms with Crippen LogP contribution in [-0.4, -0.2) is 30.7 Å². The summed E-state index contributed by atoms with van der Waals surface area (Å²) in [5.74, 6) is 1.05. The van der Waals surface area contributed by atoms with E-state index in [1.165, 1.54) is 16.8 Å². The Balaban J connectivity index is 2.02. The van der Waals surface area contributed by atoms with E-state index in [0.717, 1.165) is 23.9 Å². The Bertz CT molecular complexity index is 425. The Morgan fingerprint density at radius 2 is 2.11 bits per heavy atom. The van der Waals surface area contributed by atoms with Gasteiger partial charge in [-0.1, -0.05) is 30.0 Å². The highest BCUT2D eigenvalue weighted by Gasteiger charge is 2.18. The van der Waals surface area contributed by atoms with Crippen LogP contribution in [0.4, 0.5) is 5.69 Å². The maximum absolute atomic E-state index is 5.10. The Hall–Kier alpha value is -1.00. The number of nitrogens with one attached hydrogen (secondary N) is 1. The summed E-state index contributed by atoms with van der Waals surface area (Å²) in [5.41, 5.74) is 3.72. The molecule has 0 aliphatic carbocycles. The quantitative estimate of drug-likeness (QED) is 0.906. The van der Waals surface area contributed by atoms with E-state index in [2.05, 4.69) is 37.4 Å². The topological polar surface area (TPSA) is 33.6 Å². The molecule has 1 unspecified atom stereocenters. The molecule has 0 spiro atoms. The minimum absolute atomic E-state index is 0.391. The standard InChI is InChI=1S/C14H20N2OS/c1-10-5-4-6-11(2)13(10)16-14-15-12(9-18-14)7-8-17-3/h4-6,12H,7-9H2,1-3H3,(H,15,16). The Morgan fingerprint density at radius 3 is 2.78 bits per heavy atom. The van der Waals surface area contributed by atoms with E-state index in [9.17, 15) is 0 Å². The fraction of sp³-hybridized carbons (Fsp3) is 0.500. The van der Waals surface area contributed by atoms with E-state index >= 15 is 0 Å². The van der Waals surface area contributed by atoms with Gasteiger partial charge in [0, 0.05) is 25.2 Å². The molecule has 0 radical (unpaired) electrons. The fourth-order valence-electron chi connectivity index (χ4n) is 2.00. The van der Waals surface area contributed by atoms with Crippen LogP contribution in [0.3, 0.4) is 0 Å². The summed E-state index contributed by atoms with van der Waals surface area (Å²) in [6.45, 7) is 5.03. The molecule has 1 aliphatic heterocycles. The van der Waals surface area contributed by atoms with Gasteiger partial charge in [-0.15, -0.1) is 0 Å². The Kier molecular flexibility index (Phi) is 4.66. The second-order valence-electron chi connectivity index (χ2n) is 4.57. The zero-order chi connectivity index (χ0) is 13.0. The van der Waals surface area contributed by atoms with Gasteiger partial charge in [-0.2, -0.15) is 0 Å². The average Bonchev–Trinajstić information content (AvgIpc) is 2.79. The SMILES string of the molecule is COCCC1CSC(Nc2c(C)cccc2C)=N1. The maximum atomic E-state index is 5.10. The van der Waals surface area contributed by atoms with Crippen LogP contribution < -0.4 is 5.32 Å². The molecule has 1 heterocycles. The molecule has 1 N–H and O–H groups in total. The monoisotopic (exact) mass is 264 g/mol. The predicted molar refractivity (Wildman–Crippen MR) is 79.7 cm³/mol. The van der Waals surface area contributed by atoms with E-state index < -0.39 is 0 Å². The molecular formula is C14H20N2OS. The van der Waals surface area contributed by atoms with Crippen molar-refractivity contribution in [1.82, 2.24) is 0 Å². The second-order valence-corrected chi connectivity index (χ2v) is 5.58. The highest BCUT2D eigenvalue weighted by molar-refractivity contribution is 8.14. The molecule has 18 heavy (non-hydrogen) atoms. The van der Waals surface area contributed by atoms with Crippen LogP contribution >= 0.6 is 11.8 Å². The second kappa shape index (κ2) is 6.25. The molecule has 1 aliphatic rings. The number of benzene rings is 1. The molecule has 1 aromatic carbocycles. The van der Waals surface area contributed by atoms with E-state index in [1.807, 2.05) is 0 Å². The van der Waals surface area contributed by atoms with Crippen molar-refractivity contribution in [2.45, 2.75) is 26.3 Å². The fourth-order valence-corrected chi connectivity index (χ4v) is 2.99. The van der Waals surface area contributed by atoms with Crippen molar-refractivity contribution in [1.29, 1.82) is 0 Å². The number of para-hydroxylation sites is 1. The number of hydrogen-bond donors (Lipinski definition) is 1. The number of ether oxygens (including phenoxy) is 1. The molecule has 0 fully saturated rings. The Morgan fingerprint density at radius 1 is 1.39 bits per heavy atom. The third-order valence-electron chi connectivity index (χ3n) is 3.08. The van der Waals surface area contributed by atoms with Crippen molar-refractivity contribution in [3.8, 4) is 0 Å². The average molecular weight is 264 g/mol. The van der Waals surface area contributed by atoms with Crippen molar-refractivity contribution in [3.05, 3.63) is 29.3 Å². The van der Waals surface area contributed by atoms with E-state index in [-0.39, 0.29) is 0 Å². The summed E-state index contributed by atoms with van der Waals surface area (Å²) >= 11 is 1.80. The first-order valence-corrected chi connectivity index (χ1v) is 7.22. The lowest BCUT2D eigenvalue weighted by Crippen LogP contribution is -2.09. The maximum Gasteiger partial charge on any atom is 0.161 e. The number of aliphatic imine (C=N–C) groups is 1. The molecule has 0 saturated heterocycles. The van der Waals surface area contributed by atoms with Crippen molar-refractivity contribution >= 4 is 22.6 Å². The number of thioether (sulfide) groups is 1. The normalized spacial score (nSPS) is 18.8. The largest absolute Gasteiger partial charge is 0.385 e. The van der Waals surface area contributed by atoms with E-state index in [1.54, 1.807) is 18.9 Å². The zero-order valence-corrected chi connectivity index (χ0v) is 12.0. The van der Waals surface area contributed by atoms with Gasteiger partial charge in [0.15, 0.2) is 5.17 Å². The number of rotatable bonds is 4. The summed E-state index contributed by atoms with van der Waals surface area (Å²) < 4.78 is 5.10. The summed E-state index contributed by atoms with van der Waals surface area (Å²) in [5, 5.41) is 4.49. The van der Waals surface area contributed by atoms with Gasteiger partial charge >= 0.3 is 0 Å². The van der Waals surface area contributed by atoms with Crippen molar-refractivity contribution in [2.24, 2.45) is 4.99 Å². The molecular weight excluding hydrogens is 244 g/mol. The van der Waals surface area contributed by atoms with Crippen molar-refractivity contribution in [3.63, 3.8) is 0 Å². The predicted octanol–water partition coefficient (Wildman–Crippen LogP) is 3.22. The van der Waals surface area contributed by atoms with Crippen LogP contribution in [-0.2, 0) is 4.74 Å². The van der Waals surface area contributed by atoms with Crippen molar-refractivity contribution < 1.29 is 4.74 Å². The number of hydrogen-bond acceptors (Lipinski definition) is 4. The lowest BCUT2D eigenvalue weighted by atomic mass is 10.1. The summed E-state index contributed by atoms with van der Waals surface area (Å²) in [4.78, 5) is 4.69. The molecule has 0 aromatic heterocycles. The molecule has 98 valence electrons. The van der Waals surface area contributed by atoms with Gasteiger partial charge in [0.05, 0.1) is 6.04 Å². The van der Waals surface area contributed by atoms with Crippen molar-refractivity contribution in [2.75, 3.05) is 24.8 Å². The summed E-state index contributed by atoms with van der Waals surface area (Å²) in [6.07, 6.45) is 1.00. The molecule has 2 rings (SSSR count). The van der Waals surface area contributed by atoms with Crippen LogP contribution in [0.2, 0.25) is 0 Å². The van der Waals surface area contributed by atoms with Crippen LogP contribution in [0.1, 0.15) is 17.5 Å². The van der Waals surface area contributed by atoms with Crippen LogP contribution in [0.5, 0.6) is 0 Å². The third kappa shape index (κ3) is 3.27. The van der Waals surface area contributed by atoms with E-state index in [4.69, 9.17) is 9.73 Å². The number of aryl methyl sites for hydroxylation is 2. The lowest BCUT2D eigenvalue weighted by molar-refractivity contribution is 0.190. The zero-order valence-electron chi connectivity index (χ0n) is 11.2. The first-order chi connectivity index (χ1) is 8.70. The van der Waals surface area contributed by atoms with Crippen LogP contribution in [0, 0.1) is 13.8 Å². The van der Waals surface area contributed by atoms with Gasteiger partial charge < -0.3 is 10.1 Å². The van der Waals surface area contributed by atoms with Crippen LogP contribution in [0.15, 0.2) is 23.2 Å². The van der Waals surface area contributed by atoms with Gasteiger partial charge in [0.2, 0.25) is 0 Å². The van der Waals surface area contributed by atoms with E-state index in [0.29, 0.717) is 6.04 Å². The first-order valence-electron chi connectivity index (χ1n) is 6.23. The number of anilines is 1. The van der Waals surface area contributed by atoms with Crippen LogP contribution in [0.25, 0.3) is 0 Å². The lowest BCUT2D eigenvalue weighted by Gasteiger charge is -2.11. The molecule has 0 bridgehead atoms. The molecule has 0 saturated carbocycles. The van der Waals surface area contributed by atoms with Gasteiger partial charge in [-0.05, 0) is 31.4 Å². The smallest absolute Gasteiger partial charge is 0.161 e. The first kappa shape index (κ1) is 13.4. The molecule has 0 amide bonds. The van der Waals surface area contributed by atoms with Gasteiger partial charge in [0.1, 0.15) is 0 Å². The van der Waals surface area contributed by atoms with Gasteiger partial charge in [-0.25, -0.2) is 0 Å². The Labute approximate surface area is 113 Å². The number of nitrogens with zero attached hydrogens (tertiary/aromatic N) is 1. The summed E-state index contributed by atoms with van der Waals surface area (Å²) in [6, 6.07) is 6.72. The minimum Gasteiger partial charge on any atom is -0.385 e. The van der Waals surface area contributed by atoms with Gasteiger partial charge in [0.25, 0.3) is 0 Å². The van der Waals surface area contributed by atoms with Gasteiger partial charge in [-0.3, -0.25) is 4.99 Å².